The second kappa shape index (κ2) is 12.6. The molecule has 2 amide bonds. The van der Waals surface area contributed by atoms with Gasteiger partial charge in [-0.2, -0.15) is 0 Å². The highest BCUT2D eigenvalue weighted by atomic mass is 35.5. The summed E-state index contributed by atoms with van der Waals surface area (Å²) in [6.07, 6.45) is 2.11. The molecule has 0 aromatic heterocycles. The third-order valence-electron chi connectivity index (χ3n) is 5.68. The fourth-order valence-corrected chi connectivity index (χ4v) is 5.07. The van der Waals surface area contributed by atoms with Crippen molar-refractivity contribution in [3.8, 4) is 0 Å². The molecule has 10 heteroatoms. The zero-order valence-corrected chi connectivity index (χ0v) is 23.0. The lowest BCUT2D eigenvalue weighted by molar-refractivity contribution is -0.140. The molecule has 0 aliphatic carbocycles. The molecular formula is C25H33Cl2N3O4S. The monoisotopic (exact) mass is 541 g/mol. The molecule has 0 saturated heterocycles. The molecule has 0 aliphatic rings. The van der Waals surface area contributed by atoms with Crippen LogP contribution < -0.4 is 9.62 Å². The smallest absolute Gasteiger partial charge is 0.244 e. The molecule has 35 heavy (non-hydrogen) atoms. The number of carbonyl (C=O) groups is 2. The molecule has 7 nitrogen and oxygen atoms in total. The van der Waals surface area contributed by atoms with Crippen molar-refractivity contribution in [2.24, 2.45) is 0 Å². The summed E-state index contributed by atoms with van der Waals surface area (Å²) < 4.78 is 26.3. The lowest BCUT2D eigenvalue weighted by atomic mass is 10.1. The molecule has 0 fully saturated rings. The minimum atomic E-state index is -3.88. The lowest BCUT2D eigenvalue weighted by Gasteiger charge is -2.33. The zero-order chi connectivity index (χ0) is 26.3. The number of anilines is 1. The van der Waals surface area contributed by atoms with E-state index in [-0.39, 0.29) is 29.2 Å². The maximum Gasteiger partial charge on any atom is 0.244 e. The number of halogens is 2. The highest BCUT2D eigenvalue weighted by Gasteiger charge is 2.32. The van der Waals surface area contributed by atoms with Gasteiger partial charge in [-0.1, -0.05) is 66.9 Å². The van der Waals surface area contributed by atoms with E-state index in [9.17, 15) is 18.0 Å². The van der Waals surface area contributed by atoms with Crippen LogP contribution in [0.25, 0.3) is 0 Å². The SMILES string of the molecule is CC[C@@H](C)NC(=O)[C@H](CC)N(Cc1cccc(C)c1)C(=O)CN(c1ccc(Cl)cc1Cl)S(C)(=O)=O. The molecular weight excluding hydrogens is 509 g/mol. The van der Waals surface area contributed by atoms with E-state index in [2.05, 4.69) is 5.32 Å². The topological polar surface area (TPSA) is 86.8 Å². The Morgan fingerprint density at radius 1 is 1.06 bits per heavy atom. The zero-order valence-electron chi connectivity index (χ0n) is 20.7. The molecule has 0 bridgehead atoms. The summed E-state index contributed by atoms with van der Waals surface area (Å²) in [5.41, 5.74) is 1.99. The van der Waals surface area contributed by atoms with Crippen LogP contribution in [-0.4, -0.2) is 50.0 Å². The number of nitrogens with one attached hydrogen (secondary N) is 1. The number of rotatable bonds is 11. The van der Waals surface area contributed by atoms with Crippen LogP contribution in [0.2, 0.25) is 10.0 Å². The van der Waals surface area contributed by atoms with Crippen LogP contribution in [0.1, 0.15) is 44.7 Å². The van der Waals surface area contributed by atoms with Crippen LogP contribution in [-0.2, 0) is 26.2 Å². The number of benzene rings is 2. The van der Waals surface area contributed by atoms with Gasteiger partial charge in [-0.25, -0.2) is 8.42 Å². The van der Waals surface area contributed by atoms with Crippen molar-refractivity contribution in [3.05, 3.63) is 63.6 Å². The fourth-order valence-electron chi connectivity index (χ4n) is 3.65. The summed E-state index contributed by atoms with van der Waals surface area (Å²) in [4.78, 5) is 28.2. The lowest BCUT2D eigenvalue weighted by Crippen LogP contribution is -2.53. The Bertz CT molecular complexity index is 1160. The molecule has 0 aliphatic heterocycles. The van der Waals surface area contributed by atoms with Crippen molar-refractivity contribution in [1.29, 1.82) is 0 Å². The van der Waals surface area contributed by atoms with Gasteiger partial charge in [0.2, 0.25) is 21.8 Å². The maximum absolute atomic E-state index is 13.7. The number of sulfonamides is 1. The third-order valence-corrected chi connectivity index (χ3v) is 7.34. The van der Waals surface area contributed by atoms with Gasteiger partial charge < -0.3 is 10.2 Å². The van der Waals surface area contributed by atoms with Crippen molar-refractivity contribution in [3.63, 3.8) is 0 Å². The highest BCUT2D eigenvalue weighted by Crippen LogP contribution is 2.30. The van der Waals surface area contributed by atoms with Gasteiger partial charge in [0.1, 0.15) is 12.6 Å². The van der Waals surface area contributed by atoms with E-state index in [4.69, 9.17) is 23.2 Å². The Labute approximate surface area is 218 Å². The Morgan fingerprint density at radius 2 is 1.74 bits per heavy atom. The van der Waals surface area contributed by atoms with Crippen LogP contribution in [0, 0.1) is 6.92 Å². The van der Waals surface area contributed by atoms with Crippen molar-refractivity contribution in [1.82, 2.24) is 10.2 Å². The first kappa shape index (κ1) is 28.9. The first-order chi connectivity index (χ1) is 16.4. The molecule has 2 aromatic carbocycles. The van der Waals surface area contributed by atoms with Gasteiger partial charge in [0.05, 0.1) is 17.0 Å². The van der Waals surface area contributed by atoms with E-state index in [0.717, 1.165) is 28.1 Å². The predicted molar refractivity (Wildman–Crippen MR) is 142 cm³/mol. The van der Waals surface area contributed by atoms with Crippen molar-refractivity contribution in [2.45, 2.75) is 59.2 Å². The summed E-state index contributed by atoms with van der Waals surface area (Å²) in [5, 5.41) is 3.38. The molecule has 0 radical (unpaired) electrons. The van der Waals surface area contributed by atoms with Gasteiger partial charge in [-0.3, -0.25) is 13.9 Å². The number of carbonyl (C=O) groups excluding carboxylic acids is 2. The number of hydrogen-bond donors (Lipinski definition) is 1. The molecule has 2 aromatic rings. The van der Waals surface area contributed by atoms with E-state index in [1.54, 1.807) is 0 Å². The van der Waals surface area contributed by atoms with Gasteiger partial charge in [-0.05, 0) is 50.5 Å². The van der Waals surface area contributed by atoms with Crippen LogP contribution in [0.3, 0.4) is 0 Å². The first-order valence-corrected chi connectivity index (χ1v) is 14.1. The second-order valence-corrected chi connectivity index (χ2v) is 11.4. The predicted octanol–water partition coefficient (Wildman–Crippen LogP) is 4.79. The number of amides is 2. The maximum atomic E-state index is 13.7. The number of nitrogens with zero attached hydrogens (tertiary/aromatic N) is 2. The quantitative estimate of drug-likeness (QED) is 0.443. The highest BCUT2D eigenvalue weighted by molar-refractivity contribution is 7.92. The van der Waals surface area contributed by atoms with Crippen LogP contribution in [0.15, 0.2) is 42.5 Å². The summed E-state index contributed by atoms with van der Waals surface area (Å²) >= 11 is 12.2. The number of aryl methyl sites for hydroxylation is 1. The summed E-state index contributed by atoms with van der Waals surface area (Å²) in [6, 6.07) is 11.2. The van der Waals surface area contributed by atoms with E-state index >= 15 is 0 Å². The molecule has 2 rings (SSSR count). The Hall–Kier alpha value is -2.29. The summed E-state index contributed by atoms with van der Waals surface area (Å²) in [7, 11) is -3.88. The molecule has 192 valence electrons. The third kappa shape index (κ3) is 8.12. The van der Waals surface area contributed by atoms with Crippen molar-refractivity contribution < 1.29 is 18.0 Å². The Balaban J connectivity index is 2.47. The van der Waals surface area contributed by atoms with E-state index in [1.807, 2.05) is 52.0 Å². The molecule has 0 unspecified atom stereocenters. The standard InChI is InChI=1S/C25H33Cl2N3O4S/c1-6-18(4)28-25(32)22(7-2)29(15-19-10-8-9-17(3)13-19)24(31)16-30(35(5,33)34)23-12-11-20(26)14-21(23)27/h8-14,18,22H,6-7,15-16H2,1-5H3,(H,28,32)/t18-,22+/m1/s1. The van der Waals surface area contributed by atoms with Gasteiger partial charge in [0.15, 0.2) is 0 Å². The molecule has 0 saturated carbocycles. The van der Waals surface area contributed by atoms with Crippen molar-refractivity contribution >= 4 is 50.7 Å². The normalized spacial score (nSPS) is 13.1. The molecule has 0 heterocycles. The van der Waals surface area contributed by atoms with Crippen LogP contribution in [0.4, 0.5) is 5.69 Å². The summed E-state index contributed by atoms with van der Waals surface area (Å²) in [6.45, 7) is 7.25. The second-order valence-electron chi connectivity index (χ2n) is 8.62. The fraction of sp³-hybridized carbons (Fsp3) is 0.440. The van der Waals surface area contributed by atoms with Gasteiger partial charge in [-0.15, -0.1) is 0 Å². The summed E-state index contributed by atoms with van der Waals surface area (Å²) in [5.74, 6) is -0.799. The Morgan fingerprint density at radius 3 is 2.29 bits per heavy atom. The Kier molecular flexibility index (Phi) is 10.4. The van der Waals surface area contributed by atoms with Gasteiger partial charge >= 0.3 is 0 Å². The minimum absolute atomic E-state index is 0.0622. The van der Waals surface area contributed by atoms with Crippen molar-refractivity contribution in [2.75, 3.05) is 17.1 Å². The largest absolute Gasteiger partial charge is 0.352 e. The van der Waals surface area contributed by atoms with E-state index in [1.165, 1.54) is 23.1 Å². The van der Waals surface area contributed by atoms with E-state index in [0.29, 0.717) is 11.4 Å². The molecule has 1 N–H and O–H groups in total. The average Bonchev–Trinajstić information content (AvgIpc) is 2.76. The first-order valence-electron chi connectivity index (χ1n) is 11.5. The number of hydrogen-bond acceptors (Lipinski definition) is 4. The molecule has 0 spiro atoms. The van der Waals surface area contributed by atoms with Crippen LogP contribution in [0.5, 0.6) is 0 Å². The van der Waals surface area contributed by atoms with Gasteiger partial charge in [0, 0.05) is 17.6 Å². The van der Waals surface area contributed by atoms with E-state index < -0.39 is 28.5 Å². The minimum Gasteiger partial charge on any atom is -0.352 e. The van der Waals surface area contributed by atoms with Crippen LogP contribution >= 0.6 is 23.2 Å². The molecule has 2 atom stereocenters. The van der Waals surface area contributed by atoms with Gasteiger partial charge in [0.25, 0.3) is 0 Å². The average molecular weight is 543 g/mol.